The van der Waals surface area contributed by atoms with Crippen LogP contribution in [0, 0.1) is 0 Å². The number of rotatable bonds is 0. The quantitative estimate of drug-likeness (QED) is 0.540. The van der Waals surface area contributed by atoms with Gasteiger partial charge in [0.1, 0.15) is 5.75 Å². The molecule has 1 heterocycles. The van der Waals surface area contributed by atoms with Crippen molar-refractivity contribution in [2.75, 3.05) is 6.61 Å². The van der Waals surface area contributed by atoms with Crippen molar-refractivity contribution in [1.29, 1.82) is 0 Å². The third-order valence-corrected chi connectivity index (χ3v) is 1.82. The van der Waals surface area contributed by atoms with Crippen LogP contribution < -0.4 is 4.74 Å². The first-order valence-corrected chi connectivity index (χ1v) is 3.67. The minimum Gasteiger partial charge on any atom is -0.493 e. The Balaban J connectivity index is 0.000000605. The second-order valence-corrected chi connectivity index (χ2v) is 2.56. The zero-order valence-corrected chi connectivity index (χ0v) is 5.84. The number of hydrogen-bond donors (Lipinski definition) is 0. The van der Waals surface area contributed by atoms with Gasteiger partial charge in [0.15, 0.2) is 0 Å². The molecule has 11 heavy (non-hydrogen) atoms. The number of hydrogen-bond acceptors (Lipinski definition) is 1. The monoisotopic (exact) mass is 174 g/mol. The van der Waals surface area contributed by atoms with E-state index in [-0.39, 0.29) is 51.4 Å². The zero-order valence-electron chi connectivity index (χ0n) is 5.84. The van der Waals surface area contributed by atoms with Gasteiger partial charge < -0.3 is 4.74 Å². The van der Waals surface area contributed by atoms with Crippen LogP contribution in [0.15, 0.2) is 24.3 Å². The average Bonchev–Trinajstić information content (AvgIpc) is 2.05. The summed E-state index contributed by atoms with van der Waals surface area (Å²) in [5.41, 5.74) is 1.36. The van der Waals surface area contributed by atoms with E-state index in [0.29, 0.717) is 0 Å². The van der Waals surface area contributed by atoms with E-state index in [4.69, 9.17) is 4.74 Å². The van der Waals surface area contributed by atoms with Crippen molar-refractivity contribution >= 4 is 51.4 Å². The normalized spacial score (nSPS) is 14.2. The predicted molar refractivity (Wildman–Crippen MR) is 47.4 cm³/mol. The summed E-state index contributed by atoms with van der Waals surface area (Å²) >= 11 is 0. The molecule has 0 bridgehead atoms. The fourth-order valence-electron chi connectivity index (χ4n) is 1.30. The molecule has 1 aromatic carbocycles. The summed E-state index contributed by atoms with van der Waals surface area (Å²) in [7, 11) is 0. The van der Waals surface area contributed by atoms with Gasteiger partial charge in [0.25, 0.3) is 0 Å². The van der Waals surface area contributed by atoms with Gasteiger partial charge in [-0.05, 0) is 24.5 Å². The molecule has 0 aliphatic carbocycles. The largest absolute Gasteiger partial charge is 0.493 e. The van der Waals surface area contributed by atoms with E-state index in [1.54, 1.807) is 0 Å². The number of benzene rings is 1. The van der Waals surface area contributed by atoms with Crippen LogP contribution in [0.5, 0.6) is 5.75 Å². The maximum absolute atomic E-state index is 5.42. The molecule has 1 nitrogen and oxygen atoms in total. The standard InChI is InChI=1S/C9H10O.K.H/c1-2-6-9-8(4-1)5-3-7-10-9;;/h1-2,4,6H,3,5,7H2;;. The average molecular weight is 174 g/mol. The zero-order chi connectivity index (χ0) is 6.81. The van der Waals surface area contributed by atoms with Gasteiger partial charge >= 0.3 is 51.4 Å². The molecule has 0 unspecified atom stereocenters. The molecular weight excluding hydrogens is 163 g/mol. The SMILES string of the molecule is [KH].c1ccc2c(c1)CCCO2. The topological polar surface area (TPSA) is 9.23 Å². The van der Waals surface area contributed by atoms with E-state index in [9.17, 15) is 0 Å². The maximum atomic E-state index is 5.42. The van der Waals surface area contributed by atoms with Crippen LogP contribution in [0.25, 0.3) is 0 Å². The van der Waals surface area contributed by atoms with Gasteiger partial charge in [-0.25, -0.2) is 0 Å². The summed E-state index contributed by atoms with van der Waals surface area (Å²) in [6.45, 7) is 0.886. The molecule has 0 atom stereocenters. The first-order valence-electron chi connectivity index (χ1n) is 3.67. The smallest absolute Gasteiger partial charge is 0.122 e. The summed E-state index contributed by atoms with van der Waals surface area (Å²) in [5, 5.41) is 0. The van der Waals surface area contributed by atoms with E-state index >= 15 is 0 Å². The van der Waals surface area contributed by atoms with Gasteiger partial charge in [0, 0.05) is 0 Å². The molecule has 0 fully saturated rings. The molecule has 2 heteroatoms. The Morgan fingerprint density at radius 2 is 2.00 bits per heavy atom. The van der Waals surface area contributed by atoms with Crippen molar-refractivity contribution in [2.24, 2.45) is 0 Å². The molecule has 0 radical (unpaired) electrons. The third kappa shape index (κ3) is 2.29. The van der Waals surface area contributed by atoms with Gasteiger partial charge in [-0.1, -0.05) is 18.2 Å². The van der Waals surface area contributed by atoms with Crippen molar-refractivity contribution in [1.82, 2.24) is 0 Å². The second-order valence-electron chi connectivity index (χ2n) is 2.56. The summed E-state index contributed by atoms with van der Waals surface area (Å²) in [5.74, 6) is 1.08. The summed E-state index contributed by atoms with van der Waals surface area (Å²) in [6, 6.07) is 8.25. The van der Waals surface area contributed by atoms with Crippen molar-refractivity contribution in [3.8, 4) is 5.75 Å². The van der Waals surface area contributed by atoms with Crippen molar-refractivity contribution in [3.05, 3.63) is 29.8 Å². The maximum Gasteiger partial charge on any atom is 0.122 e. The van der Waals surface area contributed by atoms with E-state index in [1.807, 2.05) is 12.1 Å². The first kappa shape index (κ1) is 9.74. The molecule has 0 saturated heterocycles. The van der Waals surface area contributed by atoms with Crippen LogP contribution in [-0.2, 0) is 6.42 Å². The Kier molecular flexibility index (Phi) is 4.10. The number of para-hydroxylation sites is 1. The van der Waals surface area contributed by atoms with Crippen molar-refractivity contribution in [3.63, 3.8) is 0 Å². The Labute approximate surface area is 110 Å². The van der Waals surface area contributed by atoms with E-state index in [1.165, 1.54) is 12.0 Å². The Hall–Kier alpha value is 0.656. The molecule has 1 aromatic rings. The Morgan fingerprint density at radius 3 is 2.82 bits per heavy atom. The van der Waals surface area contributed by atoms with Gasteiger partial charge in [0.2, 0.25) is 0 Å². The van der Waals surface area contributed by atoms with Crippen molar-refractivity contribution in [2.45, 2.75) is 12.8 Å². The fourth-order valence-corrected chi connectivity index (χ4v) is 1.30. The Morgan fingerprint density at radius 1 is 1.18 bits per heavy atom. The molecular formula is C9H11KO. The van der Waals surface area contributed by atoms with E-state index in [0.717, 1.165) is 18.8 Å². The minimum atomic E-state index is 0. The van der Waals surface area contributed by atoms with Crippen LogP contribution in [-0.4, -0.2) is 58.0 Å². The molecule has 54 valence electrons. The summed E-state index contributed by atoms with van der Waals surface area (Å²) < 4.78 is 5.42. The van der Waals surface area contributed by atoms with Gasteiger partial charge in [-0.2, -0.15) is 0 Å². The minimum absolute atomic E-state index is 0. The van der Waals surface area contributed by atoms with Crippen LogP contribution in [0.4, 0.5) is 0 Å². The molecule has 2 rings (SSSR count). The van der Waals surface area contributed by atoms with Crippen LogP contribution in [0.2, 0.25) is 0 Å². The molecule has 0 spiro atoms. The van der Waals surface area contributed by atoms with Gasteiger partial charge in [-0.15, -0.1) is 0 Å². The van der Waals surface area contributed by atoms with E-state index < -0.39 is 0 Å². The van der Waals surface area contributed by atoms with E-state index in [2.05, 4.69) is 12.1 Å². The number of aryl methyl sites for hydroxylation is 1. The summed E-state index contributed by atoms with van der Waals surface area (Å²) in [4.78, 5) is 0. The molecule has 0 aromatic heterocycles. The number of fused-ring (bicyclic) bond motifs is 1. The summed E-state index contributed by atoms with van der Waals surface area (Å²) in [6.07, 6.45) is 2.34. The predicted octanol–water partition coefficient (Wildman–Crippen LogP) is 1.36. The third-order valence-electron chi connectivity index (χ3n) is 1.82. The fraction of sp³-hybridized carbons (Fsp3) is 0.333. The second kappa shape index (κ2) is 4.63. The molecule has 0 amide bonds. The van der Waals surface area contributed by atoms with Gasteiger partial charge in [0.05, 0.1) is 6.61 Å². The van der Waals surface area contributed by atoms with Gasteiger partial charge in [-0.3, -0.25) is 0 Å². The Bertz CT molecular complexity index is 210. The molecule has 0 N–H and O–H groups in total. The molecule has 0 saturated carbocycles. The number of ether oxygens (including phenoxy) is 1. The first-order chi connectivity index (χ1) is 4.97. The molecule has 1 aliphatic rings. The van der Waals surface area contributed by atoms with Crippen LogP contribution in [0.1, 0.15) is 12.0 Å². The van der Waals surface area contributed by atoms with Crippen molar-refractivity contribution < 1.29 is 4.74 Å². The van der Waals surface area contributed by atoms with Crippen LogP contribution in [0.3, 0.4) is 0 Å². The molecule has 1 aliphatic heterocycles. The van der Waals surface area contributed by atoms with Crippen LogP contribution >= 0.6 is 0 Å².